The maximum atomic E-state index is 12.9. The van der Waals surface area contributed by atoms with Crippen molar-refractivity contribution in [2.45, 2.75) is 12.6 Å². The molecule has 0 aliphatic carbocycles. The van der Waals surface area contributed by atoms with E-state index in [-0.39, 0.29) is 12.5 Å². The fourth-order valence-electron chi connectivity index (χ4n) is 3.33. The summed E-state index contributed by atoms with van der Waals surface area (Å²) in [5, 5.41) is 9.02. The van der Waals surface area contributed by atoms with E-state index < -0.39 is 12.8 Å². The van der Waals surface area contributed by atoms with Crippen molar-refractivity contribution < 1.29 is 13.9 Å². The highest BCUT2D eigenvalue weighted by atomic mass is 35.5. The number of alkyl halides is 1. The van der Waals surface area contributed by atoms with Crippen LogP contribution in [0.4, 0.5) is 4.39 Å². The molecule has 29 heavy (non-hydrogen) atoms. The molecule has 4 rings (SSSR count). The van der Waals surface area contributed by atoms with E-state index in [9.17, 15) is 9.18 Å². The Labute approximate surface area is 172 Å². The molecule has 0 N–H and O–H groups in total. The van der Waals surface area contributed by atoms with Gasteiger partial charge < -0.3 is 9.64 Å². The fraction of sp³-hybridized carbons (Fsp3) is 0.286. The van der Waals surface area contributed by atoms with Crippen molar-refractivity contribution in [1.29, 1.82) is 0 Å². The Kier molecular flexibility index (Phi) is 5.87. The zero-order valence-corrected chi connectivity index (χ0v) is 16.4. The summed E-state index contributed by atoms with van der Waals surface area (Å²) >= 11 is 6.04. The topological polar surface area (TPSA) is 60.2 Å². The van der Waals surface area contributed by atoms with Gasteiger partial charge in [-0.05, 0) is 29.8 Å². The first-order chi connectivity index (χ1) is 14.1. The van der Waals surface area contributed by atoms with Gasteiger partial charge in [0.15, 0.2) is 0 Å². The molecule has 0 saturated carbocycles. The van der Waals surface area contributed by atoms with Gasteiger partial charge >= 0.3 is 0 Å². The third-order valence-electron chi connectivity index (χ3n) is 4.78. The second kappa shape index (κ2) is 8.71. The Morgan fingerprint density at radius 2 is 2.10 bits per heavy atom. The lowest BCUT2D eigenvalue weighted by Crippen LogP contribution is -2.46. The molecule has 1 unspecified atom stereocenters. The molecule has 1 aromatic heterocycles. The van der Waals surface area contributed by atoms with Gasteiger partial charge in [-0.25, -0.2) is 9.07 Å². The smallest absolute Gasteiger partial charge is 0.254 e. The molecule has 150 valence electrons. The number of ether oxygens (including phenoxy) is 1. The summed E-state index contributed by atoms with van der Waals surface area (Å²) in [7, 11) is 0. The van der Waals surface area contributed by atoms with E-state index in [1.807, 2.05) is 48.7 Å². The molecular formula is C21H20ClFN4O2. The number of aromatic nitrogens is 3. The third-order valence-corrected chi connectivity index (χ3v) is 5.01. The minimum Gasteiger partial charge on any atom is -0.372 e. The molecule has 1 fully saturated rings. The van der Waals surface area contributed by atoms with E-state index >= 15 is 0 Å². The van der Waals surface area contributed by atoms with Crippen molar-refractivity contribution in [1.82, 2.24) is 19.9 Å². The standard InChI is InChI=1S/C21H20ClFN4O2/c22-18-6-2-4-16(10-18)20-14-27(25-24-20)12-15-3-1-5-17(9-15)21(28)26-7-8-29-19(11-23)13-26/h1-6,9-10,14,19H,7-8,11-13H2. The van der Waals surface area contributed by atoms with Crippen LogP contribution >= 0.6 is 11.6 Å². The first-order valence-electron chi connectivity index (χ1n) is 9.34. The summed E-state index contributed by atoms with van der Waals surface area (Å²) in [5.41, 5.74) is 3.11. The molecule has 8 heteroatoms. The predicted octanol–water partition coefficient (Wildman–Crippen LogP) is 3.46. The van der Waals surface area contributed by atoms with Gasteiger partial charge in [-0.3, -0.25) is 4.79 Å². The minimum absolute atomic E-state index is 0.119. The molecule has 0 spiro atoms. The van der Waals surface area contributed by atoms with Crippen LogP contribution in [0.3, 0.4) is 0 Å². The molecule has 6 nitrogen and oxygen atoms in total. The molecule has 1 saturated heterocycles. The summed E-state index contributed by atoms with van der Waals surface area (Å²) < 4.78 is 19.9. The fourth-order valence-corrected chi connectivity index (χ4v) is 3.52. The van der Waals surface area contributed by atoms with Gasteiger partial charge in [0.2, 0.25) is 0 Å². The second-order valence-corrected chi connectivity index (χ2v) is 7.35. The SMILES string of the molecule is O=C(c1cccc(Cn2cc(-c3cccc(Cl)c3)nn2)c1)N1CCOC(CF)C1. The predicted molar refractivity (Wildman–Crippen MR) is 108 cm³/mol. The number of hydrogen-bond acceptors (Lipinski definition) is 4. The lowest BCUT2D eigenvalue weighted by Gasteiger charge is -2.31. The summed E-state index contributed by atoms with van der Waals surface area (Å²) in [5.74, 6) is -0.119. The summed E-state index contributed by atoms with van der Waals surface area (Å²) in [6.45, 7) is 0.971. The Balaban J connectivity index is 1.47. The van der Waals surface area contributed by atoms with Gasteiger partial charge in [0.05, 0.1) is 19.3 Å². The molecule has 0 bridgehead atoms. The third kappa shape index (κ3) is 4.63. The van der Waals surface area contributed by atoms with Crippen LogP contribution in [-0.2, 0) is 11.3 Å². The first-order valence-corrected chi connectivity index (χ1v) is 9.72. The highest BCUT2D eigenvalue weighted by molar-refractivity contribution is 6.30. The molecular weight excluding hydrogens is 395 g/mol. The molecule has 1 atom stereocenters. The van der Waals surface area contributed by atoms with Crippen LogP contribution in [0.25, 0.3) is 11.3 Å². The number of amides is 1. The van der Waals surface area contributed by atoms with Crippen molar-refractivity contribution in [2.24, 2.45) is 0 Å². The zero-order chi connectivity index (χ0) is 20.2. The number of rotatable bonds is 5. The molecule has 2 aromatic carbocycles. The summed E-state index contributed by atoms with van der Waals surface area (Å²) in [6, 6.07) is 14.8. The highest BCUT2D eigenvalue weighted by Crippen LogP contribution is 2.20. The molecule has 3 aromatic rings. The Hall–Kier alpha value is -2.77. The average Bonchev–Trinajstić information content (AvgIpc) is 3.22. The van der Waals surface area contributed by atoms with Crippen molar-refractivity contribution in [3.8, 4) is 11.3 Å². The molecule has 1 aliphatic rings. The Morgan fingerprint density at radius 1 is 1.24 bits per heavy atom. The Morgan fingerprint density at radius 3 is 2.93 bits per heavy atom. The lowest BCUT2D eigenvalue weighted by molar-refractivity contribution is -0.0310. The summed E-state index contributed by atoms with van der Waals surface area (Å²) in [4.78, 5) is 14.4. The van der Waals surface area contributed by atoms with Crippen LogP contribution in [0.5, 0.6) is 0 Å². The second-order valence-electron chi connectivity index (χ2n) is 6.91. The van der Waals surface area contributed by atoms with E-state index in [0.29, 0.717) is 30.3 Å². The zero-order valence-electron chi connectivity index (χ0n) is 15.7. The van der Waals surface area contributed by atoms with Crippen molar-refractivity contribution >= 4 is 17.5 Å². The number of carbonyl (C=O) groups excluding carboxylic acids is 1. The van der Waals surface area contributed by atoms with E-state index in [1.54, 1.807) is 15.6 Å². The maximum absolute atomic E-state index is 12.9. The van der Waals surface area contributed by atoms with Gasteiger partial charge in [0.25, 0.3) is 5.91 Å². The van der Waals surface area contributed by atoms with E-state index in [2.05, 4.69) is 10.3 Å². The molecule has 1 amide bonds. The van der Waals surface area contributed by atoms with Gasteiger partial charge in [0, 0.05) is 29.2 Å². The van der Waals surface area contributed by atoms with Crippen LogP contribution in [-0.4, -0.2) is 58.3 Å². The average molecular weight is 415 g/mol. The van der Waals surface area contributed by atoms with Crippen LogP contribution in [0, 0.1) is 0 Å². The number of carbonyl (C=O) groups is 1. The molecule has 2 heterocycles. The van der Waals surface area contributed by atoms with Gasteiger partial charge in [-0.2, -0.15) is 0 Å². The number of nitrogens with zero attached hydrogens (tertiary/aromatic N) is 4. The van der Waals surface area contributed by atoms with Crippen LogP contribution in [0.1, 0.15) is 15.9 Å². The van der Waals surface area contributed by atoms with E-state index in [1.165, 1.54) is 0 Å². The lowest BCUT2D eigenvalue weighted by atomic mass is 10.1. The quantitative estimate of drug-likeness (QED) is 0.641. The first kappa shape index (κ1) is 19.5. The van der Waals surface area contributed by atoms with E-state index in [4.69, 9.17) is 16.3 Å². The minimum atomic E-state index is -0.592. The monoisotopic (exact) mass is 414 g/mol. The van der Waals surface area contributed by atoms with Crippen LogP contribution in [0.15, 0.2) is 54.7 Å². The largest absolute Gasteiger partial charge is 0.372 e. The van der Waals surface area contributed by atoms with Crippen molar-refractivity contribution in [3.63, 3.8) is 0 Å². The van der Waals surface area contributed by atoms with Crippen molar-refractivity contribution in [3.05, 3.63) is 70.9 Å². The maximum Gasteiger partial charge on any atom is 0.254 e. The van der Waals surface area contributed by atoms with Gasteiger partial charge in [0.1, 0.15) is 18.5 Å². The van der Waals surface area contributed by atoms with Gasteiger partial charge in [-0.15, -0.1) is 5.10 Å². The number of halogens is 2. The van der Waals surface area contributed by atoms with Crippen LogP contribution in [0.2, 0.25) is 5.02 Å². The van der Waals surface area contributed by atoms with Gasteiger partial charge in [-0.1, -0.05) is 41.1 Å². The molecule has 1 aliphatic heterocycles. The number of hydrogen-bond donors (Lipinski definition) is 0. The van der Waals surface area contributed by atoms with Crippen molar-refractivity contribution in [2.75, 3.05) is 26.4 Å². The number of benzene rings is 2. The summed E-state index contributed by atoms with van der Waals surface area (Å²) in [6.07, 6.45) is 1.30. The van der Waals surface area contributed by atoms with E-state index in [0.717, 1.165) is 16.8 Å². The Bertz CT molecular complexity index is 1010. The number of morpholine rings is 1. The highest BCUT2D eigenvalue weighted by Gasteiger charge is 2.25. The van der Waals surface area contributed by atoms with Crippen LogP contribution < -0.4 is 0 Å². The molecule has 0 radical (unpaired) electrons. The normalized spacial score (nSPS) is 16.8.